The molecule has 0 saturated heterocycles. The van der Waals surface area contributed by atoms with Crippen molar-refractivity contribution in [3.8, 4) is 5.75 Å². The molecule has 2 rings (SSSR count). The number of carbonyl (C=O) groups is 1. The first-order valence-electron chi connectivity index (χ1n) is 3.87. The minimum atomic E-state index is -0.971. The first-order valence-corrected chi connectivity index (χ1v) is 4.28. The summed E-state index contributed by atoms with van der Waals surface area (Å²) in [5, 5.41) is 8.80. The summed E-state index contributed by atoms with van der Waals surface area (Å²) in [4.78, 5) is 10.6. The Morgan fingerprint density at radius 1 is 1.50 bits per heavy atom. The van der Waals surface area contributed by atoms with E-state index in [1.165, 1.54) is 12.1 Å². The van der Waals surface area contributed by atoms with Crippen molar-refractivity contribution in [1.29, 1.82) is 0 Å². The Labute approximate surface area is 85.1 Å². The predicted molar refractivity (Wildman–Crippen MR) is 51.4 cm³/mol. The van der Waals surface area contributed by atoms with Crippen LogP contribution in [-0.4, -0.2) is 16.3 Å². The van der Waals surface area contributed by atoms with Gasteiger partial charge < -0.3 is 14.6 Å². The molecule has 0 unspecified atom stereocenters. The highest BCUT2D eigenvalue weighted by molar-refractivity contribution is 7.79. The zero-order valence-electron chi connectivity index (χ0n) is 7.02. The van der Waals surface area contributed by atoms with Gasteiger partial charge in [-0.25, -0.2) is 4.79 Å². The number of ether oxygens (including phenoxy) is 2. The fourth-order valence-electron chi connectivity index (χ4n) is 1.18. The molecule has 4 nitrogen and oxygen atoms in total. The third kappa shape index (κ3) is 1.54. The average Bonchev–Trinajstić information content (AvgIpc) is 2.16. The summed E-state index contributed by atoms with van der Waals surface area (Å²) in [6, 6.07) is 4.56. The van der Waals surface area contributed by atoms with Gasteiger partial charge in [-0.1, -0.05) is 0 Å². The topological polar surface area (TPSA) is 55.8 Å². The first-order chi connectivity index (χ1) is 6.66. The van der Waals surface area contributed by atoms with E-state index in [4.69, 9.17) is 26.8 Å². The average molecular weight is 210 g/mol. The van der Waals surface area contributed by atoms with Crippen LogP contribution in [0.15, 0.2) is 18.2 Å². The van der Waals surface area contributed by atoms with Crippen LogP contribution in [0.3, 0.4) is 0 Å². The van der Waals surface area contributed by atoms with Crippen LogP contribution in [0.25, 0.3) is 0 Å². The minimum Gasteiger partial charge on any atom is -0.478 e. The molecule has 0 saturated carbocycles. The van der Waals surface area contributed by atoms with E-state index in [0.717, 1.165) is 0 Å². The summed E-state index contributed by atoms with van der Waals surface area (Å²) in [7, 11) is 0. The van der Waals surface area contributed by atoms with Gasteiger partial charge in [0.1, 0.15) is 12.4 Å². The van der Waals surface area contributed by atoms with Crippen LogP contribution in [0.2, 0.25) is 0 Å². The van der Waals surface area contributed by atoms with Gasteiger partial charge in [0.05, 0.1) is 5.56 Å². The molecule has 1 aromatic rings. The lowest BCUT2D eigenvalue weighted by atomic mass is 10.1. The van der Waals surface area contributed by atoms with Crippen LogP contribution in [0, 0.1) is 0 Å². The minimum absolute atomic E-state index is 0.0700. The Morgan fingerprint density at radius 2 is 2.29 bits per heavy atom. The van der Waals surface area contributed by atoms with Gasteiger partial charge in [0, 0.05) is 17.8 Å². The third-order valence-corrected chi connectivity index (χ3v) is 2.05. The Kier molecular flexibility index (Phi) is 2.09. The third-order valence-electron chi connectivity index (χ3n) is 1.85. The summed E-state index contributed by atoms with van der Waals surface area (Å²) >= 11 is 4.71. The molecule has 0 aromatic heterocycles. The van der Waals surface area contributed by atoms with Gasteiger partial charge in [0.25, 0.3) is 0 Å². The monoisotopic (exact) mass is 210 g/mol. The highest BCUT2D eigenvalue weighted by atomic mass is 32.1. The normalized spacial score (nSPS) is 13.9. The van der Waals surface area contributed by atoms with E-state index in [1.54, 1.807) is 6.07 Å². The van der Waals surface area contributed by atoms with Crippen molar-refractivity contribution in [3.05, 3.63) is 29.3 Å². The molecule has 0 bridgehead atoms. The number of rotatable bonds is 1. The second kappa shape index (κ2) is 3.26. The molecule has 0 fully saturated rings. The van der Waals surface area contributed by atoms with Crippen LogP contribution >= 0.6 is 12.2 Å². The zero-order valence-corrected chi connectivity index (χ0v) is 7.84. The molecule has 0 radical (unpaired) electrons. The van der Waals surface area contributed by atoms with Gasteiger partial charge in [-0.3, -0.25) is 0 Å². The number of fused-ring (bicyclic) bond motifs is 1. The van der Waals surface area contributed by atoms with Crippen LogP contribution < -0.4 is 4.74 Å². The summed E-state index contributed by atoms with van der Waals surface area (Å²) in [6.45, 7) is 0.259. The van der Waals surface area contributed by atoms with Crippen LogP contribution in [0.4, 0.5) is 0 Å². The van der Waals surface area contributed by atoms with Crippen molar-refractivity contribution in [3.63, 3.8) is 0 Å². The van der Waals surface area contributed by atoms with E-state index in [2.05, 4.69) is 0 Å². The molecule has 0 atom stereocenters. The number of aromatic carboxylic acids is 1. The van der Waals surface area contributed by atoms with Gasteiger partial charge >= 0.3 is 11.2 Å². The second-order valence-electron chi connectivity index (χ2n) is 2.77. The van der Waals surface area contributed by atoms with E-state index >= 15 is 0 Å². The van der Waals surface area contributed by atoms with Gasteiger partial charge in [0.15, 0.2) is 0 Å². The number of benzene rings is 1. The molecule has 72 valence electrons. The maximum absolute atomic E-state index is 10.6. The Morgan fingerprint density at radius 3 is 3.00 bits per heavy atom. The van der Waals surface area contributed by atoms with E-state index in [0.29, 0.717) is 11.3 Å². The SMILES string of the molecule is O=C(O)c1ccc2c(c1)COC(=S)O2. The number of hydrogen-bond acceptors (Lipinski definition) is 4. The molecule has 1 aliphatic heterocycles. The van der Waals surface area contributed by atoms with Crippen molar-refractivity contribution >= 4 is 23.4 Å². The molecule has 0 aliphatic carbocycles. The lowest BCUT2D eigenvalue weighted by Gasteiger charge is -2.17. The smallest absolute Gasteiger partial charge is 0.358 e. The molecule has 1 aliphatic rings. The van der Waals surface area contributed by atoms with Crippen molar-refractivity contribution < 1.29 is 19.4 Å². The largest absolute Gasteiger partial charge is 0.478 e. The number of thiocarbonyl (C=S) groups is 1. The summed E-state index contributed by atoms with van der Waals surface area (Å²) in [6.07, 6.45) is 0. The highest BCUT2D eigenvalue weighted by Crippen LogP contribution is 2.25. The number of carboxylic acid groups (broad SMARTS) is 1. The molecule has 0 spiro atoms. The fraction of sp³-hybridized carbons (Fsp3) is 0.111. The molecule has 5 heteroatoms. The van der Waals surface area contributed by atoms with E-state index in [1.807, 2.05) is 0 Å². The molecule has 0 amide bonds. The van der Waals surface area contributed by atoms with Gasteiger partial charge in [-0.15, -0.1) is 0 Å². The summed E-state index contributed by atoms with van der Waals surface area (Å²) < 4.78 is 10.0. The van der Waals surface area contributed by atoms with E-state index in [-0.39, 0.29) is 17.4 Å². The molecular formula is C9H6O4S. The molecule has 1 aromatic carbocycles. The Bertz CT molecular complexity index is 413. The maximum Gasteiger partial charge on any atom is 0.358 e. The quantitative estimate of drug-likeness (QED) is 0.713. The fourth-order valence-corrected chi connectivity index (χ4v) is 1.33. The van der Waals surface area contributed by atoms with Crippen molar-refractivity contribution in [1.82, 2.24) is 0 Å². The van der Waals surface area contributed by atoms with Crippen molar-refractivity contribution in [2.45, 2.75) is 6.61 Å². The highest BCUT2D eigenvalue weighted by Gasteiger charge is 2.16. The van der Waals surface area contributed by atoms with Crippen LogP contribution in [0.1, 0.15) is 15.9 Å². The number of hydrogen-bond donors (Lipinski definition) is 1. The Hall–Kier alpha value is -1.62. The van der Waals surface area contributed by atoms with Crippen LogP contribution in [0.5, 0.6) is 5.75 Å². The Balaban J connectivity index is 2.41. The molecular weight excluding hydrogens is 204 g/mol. The lowest BCUT2D eigenvalue weighted by molar-refractivity contribution is 0.0696. The van der Waals surface area contributed by atoms with Crippen molar-refractivity contribution in [2.24, 2.45) is 0 Å². The van der Waals surface area contributed by atoms with E-state index < -0.39 is 5.97 Å². The molecule has 1 N–H and O–H groups in total. The molecule has 14 heavy (non-hydrogen) atoms. The van der Waals surface area contributed by atoms with Gasteiger partial charge in [0.2, 0.25) is 0 Å². The van der Waals surface area contributed by atoms with Gasteiger partial charge in [-0.2, -0.15) is 0 Å². The predicted octanol–water partition coefficient (Wildman–Crippen LogP) is 1.58. The summed E-state index contributed by atoms with van der Waals surface area (Å²) in [5.74, 6) is -0.410. The first kappa shape index (κ1) is 8.96. The number of carboxylic acids is 1. The van der Waals surface area contributed by atoms with Crippen molar-refractivity contribution in [2.75, 3.05) is 0 Å². The van der Waals surface area contributed by atoms with Gasteiger partial charge in [-0.05, 0) is 18.2 Å². The lowest BCUT2D eigenvalue weighted by Crippen LogP contribution is -2.17. The zero-order chi connectivity index (χ0) is 10.1. The maximum atomic E-state index is 10.6. The van der Waals surface area contributed by atoms with Crippen LogP contribution in [-0.2, 0) is 11.3 Å². The second-order valence-corrected chi connectivity index (χ2v) is 3.10. The standard InChI is InChI=1S/C9H6O4S/c10-8(11)5-1-2-7-6(3-5)4-12-9(14)13-7/h1-3H,4H2,(H,10,11). The summed E-state index contributed by atoms with van der Waals surface area (Å²) in [5.41, 5.74) is 0.905. The molecule has 1 heterocycles. The van der Waals surface area contributed by atoms with E-state index in [9.17, 15) is 4.79 Å².